The summed E-state index contributed by atoms with van der Waals surface area (Å²) in [6, 6.07) is 12.7. The van der Waals surface area contributed by atoms with Crippen molar-refractivity contribution >= 4 is 11.0 Å². The summed E-state index contributed by atoms with van der Waals surface area (Å²) < 4.78 is 0. The van der Waals surface area contributed by atoms with Crippen LogP contribution in [0.2, 0.25) is 0 Å². The highest BCUT2D eigenvalue weighted by Gasteiger charge is 2.20. The van der Waals surface area contributed by atoms with Crippen molar-refractivity contribution < 1.29 is 0 Å². The van der Waals surface area contributed by atoms with Crippen LogP contribution in [-0.4, -0.2) is 32.9 Å². The molecule has 1 fully saturated rings. The summed E-state index contributed by atoms with van der Waals surface area (Å²) in [5.41, 5.74) is 3.48. The molecule has 118 valence electrons. The van der Waals surface area contributed by atoms with Gasteiger partial charge in [0, 0.05) is 19.2 Å². The Labute approximate surface area is 136 Å². The summed E-state index contributed by atoms with van der Waals surface area (Å²) in [5, 5.41) is 0. The fourth-order valence-electron chi connectivity index (χ4n) is 3.47. The summed E-state index contributed by atoms with van der Waals surface area (Å²) >= 11 is 0. The van der Waals surface area contributed by atoms with Crippen LogP contribution < -0.4 is 0 Å². The van der Waals surface area contributed by atoms with Crippen molar-refractivity contribution in [2.45, 2.75) is 25.8 Å². The average molecular weight is 306 g/mol. The number of nitrogens with one attached hydrogen (secondary N) is 1. The second-order valence-corrected chi connectivity index (χ2v) is 6.49. The van der Waals surface area contributed by atoms with Crippen molar-refractivity contribution in [1.29, 1.82) is 0 Å². The topological polar surface area (TPSA) is 44.8 Å². The molecule has 0 spiro atoms. The first-order valence-electron chi connectivity index (χ1n) is 8.42. The lowest BCUT2D eigenvalue weighted by Crippen LogP contribution is -2.33. The molecule has 4 heteroatoms. The van der Waals surface area contributed by atoms with E-state index in [0.717, 1.165) is 35.7 Å². The Morgan fingerprint density at radius 1 is 1.09 bits per heavy atom. The summed E-state index contributed by atoms with van der Waals surface area (Å²) in [4.78, 5) is 14.8. The number of imidazole rings is 1. The molecule has 0 bridgehead atoms. The third kappa shape index (κ3) is 3.42. The molecule has 1 N–H and O–H groups in total. The molecule has 1 aromatic carbocycles. The van der Waals surface area contributed by atoms with Gasteiger partial charge in [-0.1, -0.05) is 30.3 Å². The molecule has 23 heavy (non-hydrogen) atoms. The third-order valence-electron chi connectivity index (χ3n) is 4.77. The fourth-order valence-corrected chi connectivity index (χ4v) is 3.47. The third-order valence-corrected chi connectivity index (χ3v) is 4.77. The van der Waals surface area contributed by atoms with E-state index in [1.165, 1.54) is 31.5 Å². The maximum absolute atomic E-state index is 4.68. The van der Waals surface area contributed by atoms with Gasteiger partial charge in [-0.25, -0.2) is 4.98 Å². The molecular weight excluding hydrogens is 284 g/mol. The van der Waals surface area contributed by atoms with Gasteiger partial charge in [-0.2, -0.15) is 0 Å². The Bertz CT molecular complexity index is 724. The molecule has 0 amide bonds. The molecule has 0 saturated carbocycles. The first kappa shape index (κ1) is 14.4. The molecule has 0 aliphatic carbocycles. The Morgan fingerprint density at radius 3 is 2.70 bits per heavy atom. The van der Waals surface area contributed by atoms with Gasteiger partial charge in [-0.05, 0) is 43.5 Å². The lowest BCUT2D eigenvalue weighted by Gasteiger charge is -2.31. The number of rotatable bonds is 4. The number of aromatic amines is 1. The minimum atomic E-state index is 0.732. The van der Waals surface area contributed by atoms with Crippen LogP contribution in [0.25, 0.3) is 11.0 Å². The van der Waals surface area contributed by atoms with Crippen LogP contribution >= 0.6 is 0 Å². The van der Waals surface area contributed by atoms with Crippen LogP contribution in [0.4, 0.5) is 0 Å². The molecule has 3 aromatic rings. The second-order valence-electron chi connectivity index (χ2n) is 6.49. The van der Waals surface area contributed by atoms with E-state index in [2.05, 4.69) is 50.2 Å². The molecule has 4 rings (SSSR count). The van der Waals surface area contributed by atoms with Gasteiger partial charge in [-0.15, -0.1) is 0 Å². The molecular formula is C19H22N4. The SMILES string of the molecule is c1ccc(CN2CCC(Cc3nc4ccncc4[nH]3)CC2)cc1. The molecule has 1 saturated heterocycles. The van der Waals surface area contributed by atoms with Crippen molar-refractivity contribution in [2.24, 2.45) is 5.92 Å². The van der Waals surface area contributed by atoms with Crippen molar-refractivity contribution in [3.05, 3.63) is 60.2 Å². The van der Waals surface area contributed by atoms with Crippen LogP contribution in [0.15, 0.2) is 48.8 Å². The van der Waals surface area contributed by atoms with Crippen LogP contribution in [0, 0.1) is 5.92 Å². The molecule has 0 atom stereocenters. The molecule has 4 nitrogen and oxygen atoms in total. The number of fused-ring (bicyclic) bond motifs is 1. The zero-order valence-electron chi connectivity index (χ0n) is 13.3. The number of benzene rings is 1. The van der Waals surface area contributed by atoms with E-state index in [1.807, 2.05) is 12.3 Å². The number of H-pyrrole nitrogens is 1. The molecule has 0 unspecified atom stereocenters. The predicted molar refractivity (Wildman–Crippen MR) is 92.0 cm³/mol. The quantitative estimate of drug-likeness (QED) is 0.803. The molecule has 3 heterocycles. The van der Waals surface area contributed by atoms with E-state index in [0.29, 0.717) is 0 Å². The van der Waals surface area contributed by atoms with Gasteiger partial charge < -0.3 is 4.98 Å². The van der Waals surface area contributed by atoms with E-state index >= 15 is 0 Å². The van der Waals surface area contributed by atoms with Crippen molar-refractivity contribution in [2.75, 3.05) is 13.1 Å². The van der Waals surface area contributed by atoms with Gasteiger partial charge in [0.15, 0.2) is 0 Å². The second kappa shape index (κ2) is 6.50. The average Bonchev–Trinajstić information content (AvgIpc) is 3.00. The number of aromatic nitrogens is 3. The Kier molecular flexibility index (Phi) is 4.07. The summed E-state index contributed by atoms with van der Waals surface area (Å²) in [6.07, 6.45) is 7.21. The van der Waals surface area contributed by atoms with Gasteiger partial charge >= 0.3 is 0 Å². The number of nitrogens with zero attached hydrogens (tertiary/aromatic N) is 3. The Morgan fingerprint density at radius 2 is 1.91 bits per heavy atom. The summed E-state index contributed by atoms with van der Waals surface area (Å²) in [7, 11) is 0. The van der Waals surface area contributed by atoms with Crippen LogP contribution in [0.5, 0.6) is 0 Å². The normalized spacial score (nSPS) is 16.9. The van der Waals surface area contributed by atoms with Gasteiger partial charge in [0.25, 0.3) is 0 Å². The van der Waals surface area contributed by atoms with Crippen molar-refractivity contribution in [3.8, 4) is 0 Å². The molecule has 1 aliphatic rings. The molecule has 0 radical (unpaired) electrons. The molecule has 2 aromatic heterocycles. The fraction of sp³-hybridized carbons (Fsp3) is 0.368. The van der Waals surface area contributed by atoms with E-state index in [-0.39, 0.29) is 0 Å². The summed E-state index contributed by atoms with van der Waals surface area (Å²) in [5.74, 6) is 1.84. The van der Waals surface area contributed by atoms with Gasteiger partial charge in [-0.3, -0.25) is 9.88 Å². The lowest BCUT2D eigenvalue weighted by molar-refractivity contribution is 0.176. The first-order valence-corrected chi connectivity index (χ1v) is 8.42. The van der Waals surface area contributed by atoms with Crippen molar-refractivity contribution in [3.63, 3.8) is 0 Å². The van der Waals surface area contributed by atoms with E-state index in [9.17, 15) is 0 Å². The Balaban J connectivity index is 1.32. The van der Waals surface area contributed by atoms with E-state index < -0.39 is 0 Å². The Hall–Kier alpha value is -2.20. The first-order chi connectivity index (χ1) is 11.4. The largest absolute Gasteiger partial charge is 0.341 e. The maximum atomic E-state index is 4.68. The predicted octanol–water partition coefficient (Wildman–Crippen LogP) is 3.41. The lowest BCUT2D eigenvalue weighted by atomic mass is 9.93. The van der Waals surface area contributed by atoms with Crippen molar-refractivity contribution in [1.82, 2.24) is 19.9 Å². The minimum absolute atomic E-state index is 0.732. The number of hydrogen-bond acceptors (Lipinski definition) is 3. The minimum Gasteiger partial charge on any atom is -0.341 e. The highest BCUT2D eigenvalue weighted by Crippen LogP contribution is 2.23. The number of likely N-dealkylation sites (tertiary alicyclic amines) is 1. The van der Waals surface area contributed by atoms with Crippen LogP contribution in [0.3, 0.4) is 0 Å². The standard InChI is InChI=1S/C19H22N4/c1-2-4-16(5-3-1)14-23-10-7-15(8-11-23)12-19-21-17-6-9-20-13-18(17)22-19/h1-6,9,13,15H,7-8,10-12,14H2,(H,21,22). The number of pyridine rings is 1. The zero-order chi connectivity index (χ0) is 15.5. The van der Waals surface area contributed by atoms with Crippen LogP contribution in [-0.2, 0) is 13.0 Å². The van der Waals surface area contributed by atoms with Crippen LogP contribution in [0.1, 0.15) is 24.2 Å². The van der Waals surface area contributed by atoms with E-state index in [4.69, 9.17) is 0 Å². The van der Waals surface area contributed by atoms with E-state index in [1.54, 1.807) is 6.20 Å². The van der Waals surface area contributed by atoms with Gasteiger partial charge in [0.05, 0.1) is 17.2 Å². The number of piperidine rings is 1. The maximum Gasteiger partial charge on any atom is 0.107 e. The van der Waals surface area contributed by atoms with Gasteiger partial charge in [0.1, 0.15) is 5.82 Å². The smallest absolute Gasteiger partial charge is 0.107 e. The zero-order valence-corrected chi connectivity index (χ0v) is 13.3. The monoisotopic (exact) mass is 306 g/mol. The molecule has 1 aliphatic heterocycles. The highest BCUT2D eigenvalue weighted by atomic mass is 15.1. The van der Waals surface area contributed by atoms with Gasteiger partial charge in [0.2, 0.25) is 0 Å². The summed E-state index contributed by atoms with van der Waals surface area (Å²) in [6.45, 7) is 3.44. The number of hydrogen-bond donors (Lipinski definition) is 1. The highest BCUT2D eigenvalue weighted by molar-refractivity contribution is 5.73.